The normalized spacial score (nSPS) is 11.1. The van der Waals surface area contributed by atoms with Crippen molar-refractivity contribution in [3.8, 4) is 0 Å². The Morgan fingerprint density at radius 1 is 1.29 bits per heavy atom. The van der Waals surface area contributed by atoms with Gasteiger partial charge in [0.05, 0.1) is 0 Å². The first kappa shape index (κ1) is 13.9. The maximum absolute atomic E-state index is 4.51. The third kappa shape index (κ3) is 3.02. The van der Waals surface area contributed by atoms with E-state index in [1.165, 1.54) is 0 Å². The molecule has 21 heavy (non-hydrogen) atoms. The van der Waals surface area contributed by atoms with Crippen molar-refractivity contribution in [2.45, 2.75) is 25.5 Å². The second kappa shape index (κ2) is 6.17. The molecule has 0 bridgehead atoms. The molecule has 0 aromatic carbocycles. The van der Waals surface area contributed by atoms with Crippen LogP contribution in [0.4, 0.5) is 5.82 Å². The zero-order valence-electron chi connectivity index (χ0n) is 12.1. The van der Waals surface area contributed by atoms with Crippen LogP contribution in [0.1, 0.15) is 12.7 Å². The molecule has 0 unspecified atom stereocenters. The highest BCUT2D eigenvalue weighted by atomic mass is 32.2. The predicted molar refractivity (Wildman–Crippen MR) is 85.7 cm³/mol. The van der Waals surface area contributed by atoms with E-state index in [1.807, 2.05) is 25.3 Å². The summed E-state index contributed by atoms with van der Waals surface area (Å²) in [5.74, 6) is 2.77. The number of pyridine rings is 1. The Kier molecular flexibility index (Phi) is 4.10. The summed E-state index contributed by atoms with van der Waals surface area (Å²) < 4.78 is 2.12. The van der Waals surface area contributed by atoms with Gasteiger partial charge in [0.25, 0.3) is 0 Å². The largest absolute Gasteiger partial charge is 0.369 e. The molecule has 0 saturated carbocycles. The van der Waals surface area contributed by atoms with Gasteiger partial charge in [0.1, 0.15) is 17.3 Å². The number of fused-ring (bicyclic) bond motifs is 1. The molecule has 110 valence electrons. The van der Waals surface area contributed by atoms with Gasteiger partial charge in [-0.15, -0.1) is 10.2 Å². The number of aromatic nitrogens is 5. The lowest BCUT2D eigenvalue weighted by atomic mass is 10.3. The van der Waals surface area contributed by atoms with E-state index >= 15 is 0 Å². The Labute approximate surface area is 127 Å². The van der Waals surface area contributed by atoms with Crippen molar-refractivity contribution in [1.29, 1.82) is 0 Å². The highest BCUT2D eigenvalue weighted by Gasteiger charge is 2.07. The van der Waals surface area contributed by atoms with Gasteiger partial charge in [-0.05, 0) is 32.0 Å². The van der Waals surface area contributed by atoms with Crippen LogP contribution in [0.5, 0.6) is 0 Å². The number of hydrogen-bond acceptors (Lipinski definition) is 5. The zero-order chi connectivity index (χ0) is 14.7. The molecule has 2 N–H and O–H groups in total. The Balaban J connectivity index is 1.53. The van der Waals surface area contributed by atoms with Crippen LogP contribution in [0.25, 0.3) is 11.0 Å². The molecule has 0 saturated heterocycles. The fourth-order valence-corrected chi connectivity index (χ4v) is 3.08. The standard InChI is InChI=1S/C14H18N6S/c1-3-20-10(2)18-19-14(20)21-9-8-15-12-5-4-11-6-7-16-13(11)17-12/h4-7H,3,8-9H2,1-2H3,(H2,15,16,17). The van der Waals surface area contributed by atoms with Gasteiger partial charge in [-0.25, -0.2) is 4.98 Å². The van der Waals surface area contributed by atoms with E-state index in [0.717, 1.165) is 46.7 Å². The molecule has 0 amide bonds. The second-order valence-electron chi connectivity index (χ2n) is 4.66. The Morgan fingerprint density at radius 3 is 3.05 bits per heavy atom. The first-order chi connectivity index (χ1) is 10.3. The fraction of sp³-hybridized carbons (Fsp3) is 0.357. The molecular formula is C14H18N6S. The van der Waals surface area contributed by atoms with Crippen LogP contribution < -0.4 is 5.32 Å². The molecule has 3 rings (SSSR count). The molecule has 0 aliphatic carbocycles. The summed E-state index contributed by atoms with van der Waals surface area (Å²) in [6.45, 7) is 5.82. The summed E-state index contributed by atoms with van der Waals surface area (Å²) in [4.78, 5) is 7.62. The zero-order valence-corrected chi connectivity index (χ0v) is 12.9. The van der Waals surface area contributed by atoms with Gasteiger partial charge < -0.3 is 14.9 Å². The molecule has 0 aliphatic rings. The van der Waals surface area contributed by atoms with Gasteiger partial charge in [-0.3, -0.25) is 0 Å². The number of H-pyrrole nitrogens is 1. The summed E-state index contributed by atoms with van der Waals surface area (Å²) >= 11 is 1.71. The summed E-state index contributed by atoms with van der Waals surface area (Å²) in [5, 5.41) is 13.7. The van der Waals surface area contributed by atoms with Crippen molar-refractivity contribution in [1.82, 2.24) is 24.7 Å². The van der Waals surface area contributed by atoms with Crippen molar-refractivity contribution in [3.63, 3.8) is 0 Å². The van der Waals surface area contributed by atoms with Crippen molar-refractivity contribution < 1.29 is 0 Å². The van der Waals surface area contributed by atoms with E-state index in [1.54, 1.807) is 11.8 Å². The predicted octanol–water partition coefficient (Wildman–Crippen LogP) is 2.69. The minimum absolute atomic E-state index is 0.833. The van der Waals surface area contributed by atoms with Crippen LogP contribution in [0, 0.1) is 6.92 Å². The number of rotatable bonds is 6. The number of nitrogens with zero attached hydrogens (tertiary/aromatic N) is 4. The molecule has 6 nitrogen and oxygen atoms in total. The number of nitrogens with one attached hydrogen (secondary N) is 2. The van der Waals surface area contributed by atoms with Gasteiger partial charge in [0, 0.05) is 30.4 Å². The molecule has 3 heterocycles. The third-order valence-corrected chi connectivity index (χ3v) is 4.24. The van der Waals surface area contributed by atoms with E-state index in [9.17, 15) is 0 Å². The molecule has 0 fully saturated rings. The van der Waals surface area contributed by atoms with Crippen LogP contribution in [0.3, 0.4) is 0 Å². The highest BCUT2D eigenvalue weighted by Crippen LogP contribution is 2.17. The molecule has 0 spiro atoms. The van der Waals surface area contributed by atoms with Crippen LogP contribution in [0.2, 0.25) is 0 Å². The van der Waals surface area contributed by atoms with E-state index in [2.05, 4.69) is 43.0 Å². The summed E-state index contributed by atoms with van der Waals surface area (Å²) in [6.07, 6.45) is 1.90. The maximum atomic E-state index is 4.51. The lowest BCUT2D eigenvalue weighted by molar-refractivity contribution is 0.662. The van der Waals surface area contributed by atoms with Crippen molar-refractivity contribution >= 4 is 28.6 Å². The van der Waals surface area contributed by atoms with E-state index in [-0.39, 0.29) is 0 Å². The molecule has 3 aromatic rings. The van der Waals surface area contributed by atoms with E-state index in [4.69, 9.17) is 0 Å². The fourth-order valence-electron chi connectivity index (χ4n) is 2.18. The third-order valence-electron chi connectivity index (χ3n) is 3.27. The molecule has 7 heteroatoms. The molecule has 0 radical (unpaired) electrons. The molecular weight excluding hydrogens is 284 g/mol. The Bertz CT molecular complexity index is 732. The smallest absolute Gasteiger partial charge is 0.191 e. The number of aryl methyl sites for hydroxylation is 1. The van der Waals surface area contributed by atoms with E-state index in [0.29, 0.717) is 0 Å². The Hall–Kier alpha value is -2.02. The number of thioether (sulfide) groups is 1. The van der Waals surface area contributed by atoms with Crippen LogP contribution in [-0.2, 0) is 6.54 Å². The van der Waals surface area contributed by atoms with E-state index < -0.39 is 0 Å². The maximum Gasteiger partial charge on any atom is 0.191 e. The van der Waals surface area contributed by atoms with Crippen molar-refractivity contribution in [2.75, 3.05) is 17.6 Å². The van der Waals surface area contributed by atoms with Gasteiger partial charge in [-0.2, -0.15) is 0 Å². The van der Waals surface area contributed by atoms with Crippen LogP contribution >= 0.6 is 11.8 Å². The molecule has 0 aliphatic heterocycles. The number of anilines is 1. The summed E-state index contributed by atoms with van der Waals surface area (Å²) in [7, 11) is 0. The van der Waals surface area contributed by atoms with Gasteiger partial charge in [0.2, 0.25) is 0 Å². The number of aromatic amines is 1. The monoisotopic (exact) mass is 302 g/mol. The number of hydrogen-bond donors (Lipinski definition) is 2. The molecule has 0 atom stereocenters. The summed E-state index contributed by atoms with van der Waals surface area (Å²) in [5.41, 5.74) is 0.911. The SMILES string of the molecule is CCn1c(C)nnc1SCCNc1ccc2cc[nH]c2n1. The first-order valence-corrected chi connectivity index (χ1v) is 7.97. The topological polar surface area (TPSA) is 71.4 Å². The summed E-state index contributed by atoms with van der Waals surface area (Å²) in [6, 6.07) is 6.08. The van der Waals surface area contributed by atoms with Gasteiger partial charge >= 0.3 is 0 Å². The first-order valence-electron chi connectivity index (χ1n) is 6.98. The highest BCUT2D eigenvalue weighted by molar-refractivity contribution is 7.99. The second-order valence-corrected chi connectivity index (χ2v) is 5.72. The van der Waals surface area contributed by atoms with Crippen LogP contribution in [-0.4, -0.2) is 37.0 Å². The van der Waals surface area contributed by atoms with Crippen LogP contribution in [0.15, 0.2) is 29.6 Å². The van der Waals surface area contributed by atoms with Crippen molar-refractivity contribution in [2.24, 2.45) is 0 Å². The Morgan fingerprint density at radius 2 is 2.19 bits per heavy atom. The quantitative estimate of drug-likeness (QED) is 0.541. The van der Waals surface area contributed by atoms with Crippen molar-refractivity contribution in [3.05, 3.63) is 30.2 Å². The minimum atomic E-state index is 0.833. The average Bonchev–Trinajstić information content (AvgIpc) is 3.09. The van der Waals surface area contributed by atoms with Gasteiger partial charge in [-0.1, -0.05) is 11.8 Å². The average molecular weight is 302 g/mol. The molecule has 3 aromatic heterocycles. The van der Waals surface area contributed by atoms with Gasteiger partial charge in [0.15, 0.2) is 5.16 Å². The minimum Gasteiger partial charge on any atom is -0.369 e. The lowest BCUT2D eigenvalue weighted by Gasteiger charge is -2.06. The lowest BCUT2D eigenvalue weighted by Crippen LogP contribution is -2.07.